The third kappa shape index (κ3) is 4.37. The molecule has 0 unspecified atom stereocenters. The van der Waals surface area contributed by atoms with E-state index in [1.54, 1.807) is 0 Å². The zero-order valence-electron chi connectivity index (χ0n) is 8.09. The van der Waals surface area contributed by atoms with E-state index in [-0.39, 0.29) is 0 Å². The van der Waals surface area contributed by atoms with Crippen LogP contribution in [0.25, 0.3) is 0 Å². The van der Waals surface area contributed by atoms with Crippen molar-refractivity contribution in [1.82, 2.24) is 0 Å². The van der Waals surface area contributed by atoms with Crippen LogP contribution in [0.5, 0.6) is 0 Å². The third-order valence-electron chi connectivity index (χ3n) is 1.79. The number of anilines is 3. The van der Waals surface area contributed by atoms with Crippen molar-refractivity contribution < 1.29 is 0 Å². The summed E-state index contributed by atoms with van der Waals surface area (Å²) in [5, 5.41) is 0. The Bertz CT molecular complexity index is 276. The van der Waals surface area contributed by atoms with Crippen LogP contribution in [-0.2, 0) is 0 Å². The Morgan fingerprint density at radius 2 is 1.07 bits per heavy atom. The van der Waals surface area contributed by atoms with Gasteiger partial charge in [0.2, 0.25) is 0 Å². The van der Waals surface area contributed by atoms with Crippen LogP contribution >= 0.6 is 91.5 Å². The van der Waals surface area contributed by atoms with Gasteiger partial charge in [0, 0.05) is 25.5 Å². The summed E-state index contributed by atoms with van der Waals surface area (Å²) in [4.78, 5) is 0. The van der Waals surface area contributed by atoms with Crippen LogP contribution in [0.4, 0.5) is 17.1 Å². The molecule has 1 aromatic carbocycles. The summed E-state index contributed by atoms with van der Waals surface area (Å²) in [5.74, 6) is 0. The minimum absolute atomic E-state index is 1.19. The molecule has 3 nitrogen and oxygen atoms in total. The Morgan fingerprint density at radius 3 is 1.33 bits per heavy atom. The van der Waals surface area contributed by atoms with E-state index in [9.17, 15) is 0 Å². The van der Waals surface area contributed by atoms with Crippen LogP contribution < -0.4 is 7.55 Å². The first-order valence-corrected chi connectivity index (χ1v) is 7.83. The number of benzene rings is 1. The van der Waals surface area contributed by atoms with E-state index in [0.29, 0.717) is 0 Å². The maximum Gasteiger partial charge on any atom is 0.0697 e. The first kappa shape index (κ1) is 14.6. The molecule has 0 bridgehead atoms. The summed E-state index contributed by atoms with van der Waals surface area (Å²) in [5.41, 5.74) is 3.59. The van der Waals surface area contributed by atoms with Gasteiger partial charge in [-0.15, -0.1) is 0 Å². The van der Waals surface area contributed by atoms with Crippen LogP contribution in [0.2, 0.25) is 0 Å². The smallest absolute Gasteiger partial charge is 0.0697 e. The van der Waals surface area contributed by atoms with Gasteiger partial charge in [0.05, 0.1) is 97.1 Å². The molecule has 0 aliphatic carbocycles. The summed E-state index contributed by atoms with van der Waals surface area (Å²) in [7, 11) is 4.09. The molecule has 0 heterocycles. The lowest BCUT2D eigenvalue weighted by molar-refractivity contribution is 1.36. The first-order valence-electron chi connectivity index (χ1n) is 3.97. The van der Waals surface area contributed by atoms with Crippen molar-refractivity contribution in [3.63, 3.8) is 0 Å². The van der Waals surface area contributed by atoms with Gasteiger partial charge in [0.25, 0.3) is 0 Å². The highest BCUT2D eigenvalue weighted by Gasteiger charge is 2.08. The fourth-order valence-electron chi connectivity index (χ4n) is 1.03. The Hall–Kier alpha value is 1.54. The second-order valence-corrected chi connectivity index (χ2v) is 9.57. The summed E-state index contributed by atoms with van der Waals surface area (Å²) >= 11 is 9.09. The Labute approximate surface area is 146 Å². The molecule has 0 aliphatic rings. The molecule has 0 aromatic heterocycles. The lowest BCUT2D eigenvalue weighted by Gasteiger charge is -2.18. The van der Waals surface area contributed by atoms with Gasteiger partial charge >= 0.3 is 0 Å². The molecule has 1 aromatic rings. The van der Waals surface area contributed by atoms with Gasteiger partial charge in [-0.2, -0.15) is 0 Å². The van der Waals surface area contributed by atoms with Crippen LogP contribution in [0.15, 0.2) is 18.2 Å². The second-order valence-electron chi connectivity index (χ2n) is 2.89. The minimum atomic E-state index is 1.19. The highest BCUT2D eigenvalue weighted by Crippen LogP contribution is 2.34. The maximum atomic E-state index is 2.28. The van der Waals surface area contributed by atoms with Gasteiger partial charge in [-0.25, -0.2) is 0 Å². The molecule has 0 N–H and O–H groups in total. The van der Waals surface area contributed by atoms with Gasteiger partial charge < -0.3 is 6.23 Å². The van der Waals surface area contributed by atoms with Crippen LogP contribution in [0.1, 0.15) is 0 Å². The molecule has 0 amide bonds. The van der Waals surface area contributed by atoms with Crippen molar-refractivity contribution in [2.75, 3.05) is 21.6 Å². The van der Waals surface area contributed by atoms with E-state index in [1.165, 1.54) is 17.1 Å². The van der Waals surface area contributed by atoms with Crippen molar-refractivity contribution in [3.8, 4) is 0 Å². The Kier molecular flexibility index (Phi) is 6.29. The number of hydrogen-bond donors (Lipinski definition) is 0. The summed E-state index contributed by atoms with van der Waals surface area (Å²) in [6.07, 6.45) is 0. The van der Waals surface area contributed by atoms with Gasteiger partial charge in [0.15, 0.2) is 0 Å². The molecular formula is C8H9I4N3. The van der Waals surface area contributed by atoms with E-state index in [1.807, 2.05) is 14.1 Å². The lowest BCUT2D eigenvalue weighted by atomic mass is 10.2. The fourth-order valence-corrected chi connectivity index (χ4v) is 2.15. The van der Waals surface area contributed by atoms with Crippen LogP contribution in [-0.4, -0.2) is 14.1 Å². The first-order chi connectivity index (χ1) is 6.91. The molecule has 0 spiro atoms. The van der Waals surface area contributed by atoms with Gasteiger partial charge in [-0.05, 0) is 18.2 Å². The van der Waals surface area contributed by atoms with Crippen LogP contribution in [0.3, 0.4) is 0 Å². The zero-order valence-corrected chi connectivity index (χ0v) is 16.7. The molecule has 0 saturated carbocycles. The highest BCUT2D eigenvalue weighted by molar-refractivity contribution is 14.2. The average Bonchev–Trinajstić information content (AvgIpc) is 2.16. The highest BCUT2D eigenvalue weighted by atomic mass is 127. The van der Waals surface area contributed by atoms with Gasteiger partial charge in [0.1, 0.15) is 0 Å². The van der Waals surface area contributed by atoms with E-state index < -0.39 is 0 Å². The summed E-state index contributed by atoms with van der Waals surface area (Å²) in [6.45, 7) is 0. The van der Waals surface area contributed by atoms with E-state index in [0.717, 1.165) is 0 Å². The van der Waals surface area contributed by atoms with Gasteiger partial charge in [-0.3, -0.25) is 1.33 Å². The molecule has 84 valence electrons. The standard InChI is InChI=1S/C8H9I4N3/c1-13(9)6-3-7(14(2)10)5-8(4-6)15(11)12/h3-5H,1-2H3. The number of rotatable bonds is 3. The van der Waals surface area contributed by atoms with E-state index in [2.05, 4.69) is 117 Å². The lowest BCUT2D eigenvalue weighted by Crippen LogP contribution is -2.05. The second kappa shape index (κ2) is 6.47. The summed E-state index contributed by atoms with van der Waals surface area (Å²) < 4.78 is 6.23. The third-order valence-corrected chi connectivity index (χ3v) is 4.02. The molecule has 1 rings (SSSR count). The molecular weight excluding hydrogens is 646 g/mol. The molecule has 7 heteroatoms. The largest absolute Gasteiger partial charge is 0.318 e. The maximum absolute atomic E-state index is 2.28. The molecule has 0 aliphatic heterocycles. The predicted molar refractivity (Wildman–Crippen MR) is 102 cm³/mol. The number of nitrogens with zero attached hydrogens (tertiary/aromatic N) is 3. The molecule has 0 saturated heterocycles. The normalized spacial score (nSPS) is 10.0. The van der Waals surface area contributed by atoms with Gasteiger partial charge in [-0.1, -0.05) is 0 Å². The SMILES string of the molecule is CN(I)c1cc(N(C)I)cc(N(I)I)c1. The molecule has 0 atom stereocenters. The number of halogens is 4. The predicted octanol–water partition coefficient (Wildman–Crippen LogP) is 4.77. The fraction of sp³-hybridized carbons (Fsp3) is 0.250. The Balaban J connectivity index is 3.20. The van der Waals surface area contributed by atoms with Crippen molar-refractivity contribution in [3.05, 3.63) is 18.2 Å². The monoisotopic (exact) mass is 655 g/mol. The zero-order chi connectivity index (χ0) is 11.6. The molecule has 15 heavy (non-hydrogen) atoms. The quantitative estimate of drug-likeness (QED) is 0.344. The molecule has 0 radical (unpaired) electrons. The topological polar surface area (TPSA) is 9.72 Å². The van der Waals surface area contributed by atoms with E-state index in [4.69, 9.17) is 0 Å². The van der Waals surface area contributed by atoms with Crippen molar-refractivity contribution in [2.24, 2.45) is 0 Å². The van der Waals surface area contributed by atoms with Crippen molar-refractivity contribution >= 4 is 109 Å². The molecule has 0 fully saturated rings. The van der Waals surface area contributed by atoms with E-state index >= 15 is 0 Å². The number of hydrogen-bond acceptors (Lipinski definition) is 3. The van der Waals surface area contributed by atoms with Crippen molar-refractivity contribution in [1.29, 1.82) is 0 Å². The summed E-state index contributed by atoms with van der Waals surface area (Å²) in [6, 6.07) is 6.49. The average molecular weight is 655 g/mol. The van der Waals surface area contributed by atoms with Crippen molar-refractivity contribution in [2.45, 2.75) is 0 Å². The minimum Gasteiger partial charge on any atom is -0.318 e. The Morgan fingerprint density at radius 1 is 0.733 bits per heavy atom. The van der Waals surface area contributed by atoms with Crippen LogP contribution in [0, 0.1) is 0 Å².